The first kappa shape index (κ1) is 13.3. The van der Waals surface area contributed by atoms with Gasteiger partial charge in [-0.1, -0.05) is 11.6 Å². The standard InChI is InChI=1S/C11H12ClNO4/c1-6(2)17-11(16)13-7-3-4-8(10(14)15)9(12)5-7/h3-6H,1-2H3,(H,13,16)(H,14,15). The van der Waals surface area contributed by atoms with Crippen LogP contribution >= 0.6 is 11.6 Å². The smallest absolute Gasteiger partial charge is 0.411 e. The maximum absolute atomic E-state index is 11.3. The molecule has 0 saturated heterocycles. The number of nitrogens with one attached hydrogen (secondary N) is 1. The average molecular weight is 258 g/mol. The Morgan fingerprint density at radius 3 is 2.53 bits per heavy atom. The van der Waals surface area contributed by atoms with Crippen LogP contribution in [0.5, 0.6) is 0 Å². The number of amides is 1. The maximum Gasteiger partial charge on any atom is 0.411 e. The van der Waals surface area contributed by atoms with Crippen LogP contribution in [0.4, 0.5) is 10.5 Å². The number of hydrogen-bond donors (Lipinski definition) is 2. The molecule has 92 valence electrons. The zero-order valence-corrected chi connectivity index (χ0v) is 10.1. The topological polar surface area (TPSA) is 75.6 Å². The van der Waals surface area contributed by atoms with Gasteiger partial charge in [-0.05, 0) is 32.0 Å². The first-order valence-corrected chi connectivity index (χ1v) is 5.28. The minimum atomic E-state index is -1.12. The normalized spacial score (nSPS) is 10.1. The number of carboxylic acids is 1. The highest BCUT2D eigenvalue weighted by molar-refractivity contribution is 6.33. The predicted octanol–water partition coefficient (Wildman–Crippen LogP) is 3.00. The van der Waals surface area contributed by atoms with E-state index in [1.165, 1.54) is 18.2 Å². The second kappa shape index (κ2) is 5.54. The summed E-state index contributed by atoms with van der Waals surface area (Å²) in [5.74, 6) is -1.12. The van der Waals surface area contributed by atoms with Crippen LogP contribution in [-0.2, 0) is 4.74 Å². The van der Waals surface area contributed by atoms with E-state index in [9.17, 15) is 9.59 Å². The lowest BCUT2D eigenvalue weighted by molar-refractivity contribution is 0.0697. The van der Waals surface area contributed by atoms with Crippen molar-refractivity contribution in [1.82, 2.24) is 0 Å². The fraction of sp³-hybridized carbons (Fsp3) is 0.273. The fourth-order valence-corrected chi connectivity index (χ4v) is 1.39. The second-order valence-corrected chi connectivity index (χ2v) is 3.99. The molecule has 0 aliphatic heterocycles. The van der Waals surface area contributed by atoms with Gasteiger partial charge in [-0.2, -0.15) is 0 Å². The molecule has 0 heterocycles. The number of aromatic carboxylic acids is 1. The summed E-state index contributed by atoms with van der Waals surface area (Å²) in [7, 11) is 0. The number of carbonyl (C=O) groups excluding carboxylic acids is 1. The maximum atomic E-state index is 11.3. The van der Waals surface area contributed by atoms with E-state index in [0.29, 0.717) is 5.69 Å². The summed E-state index contributed by atoms with van der Waals surface area (Å²) < 4.78 is 4.86. The highest BCUT2D eigenvalue weighted by Gasteiger charge is 2.11. The Morgan fingerprint density at radius 1 is 1.41 bits per heavy atom. The van der Waals surface area contributed by atoms with Crippen LogP contribution in [0, 0.1) is 0 Å². The highest BCUT2D eigenvalue weighted by atomic mass is 35.5. The fourth-order valence-electron chi connectivity index (χ4n) is 1.13. The van der Waals surface area contributed by atoms with E-state index in [4.69, 9.17) is 21.4 Å². The first-order valence-electron chi connectivity index (χ1n) is 4.90. The number of carbonyl (C=O) groups is 2. The molecule has 0 bridgehead atoms. The van der Waals surface area contributed by atoms with Gasteiger partial charge in [0.05, 0.1) is 16.7 Å². The minimum Gasteiger partial charge on any atom is -0.478 e. The lowest BCUT2D eigenvalue weighted by Gasteiger charge is -2.10. The Labute approximate surface area is 103 Å². The first-order chi connectivity index (χ1) is 7.90. The Balaban J connectivity index is 2.77. The summed E-state index contributed by atoms with van der Waals surface area (Å²) in [6.07, 6.45) is -0.845. The van der Waals surface area contributed by atoms with Gasteiger partial charge in [-0.15, -0.1) is 0 Å². The Morgan fingerprint density at radius 2 is 2.06 bits per heavy atom. The third-order valence-electron chi connectivity index (χ3n) is 1.79. The molecule has 0 aromatic heterocycles. The SMILES string of the molecule is CC(C)OC(=O)Nc1ccc(C(=O)O)c(Cl)c1. The molecule has 0 aliphatic carbocycles. The number of benzene rings is 1. The summed E-state index contributed by atoms with van der Waals surface area (Å²) in [5, 5.41) is 11.3. The van der Waals surface area contributed by atoms with E-state index in [1.807, 2.05) is 0 Å². The number of hydrogen-bond acceptors (Lipinski definition) is 3. The van der Waals surface area contributed by atoms with Crippen molar-refractivity contribution in [3.8, 4) is 0 Å². The summed E-state index contributed by atoms with van der Waals surface area (Å²) in [6.45, 7) is 3.44. The third-order valence-corrected chi connectivity index (χ3v) is 2.10. The van der Waals surface area contributed by atoms with Crippen LogP contribution in [-0.4, -0.2) is 23.3 Å². The number of carboxylic acid groups (broad SMARTS) is 1. The van der Waals surface area contributed by atoms with Crippen LogP contribution in [0.25, 0.3) is 0 Å². The van der Waals surface area contributed by atoms with Crippen LogP contribution in [0.2, 0.25) is 5.02 Å². The van der Waals surface area contributed by atoms with Gasteiger partial charge < -0.3 is 9.84 Å². The predicted molar refractivity (Wildman–Crippen MR) is 63.7 cm³/mol. The molecule has 0 unspecified atom stereocenters. The van der Waals surface area contributed by atoms with E-state index in [2.05, 4.69) is 5.32 Å². The molecule has 1 aromatic carbocycles. The summed E-state index contributed by atoms with van der Waals surface area (Å²) >= 11 is 5.74. The summed E-state index contributed by atoms with van der Waals surface area (Å²) in [5.41, 5.74) is 0.361. The molecule has 2 N–H and O–H groups in total. The zero-order valence-electron chi connectivity index (χ0n) is 9.36. The van der Waals surface area contributed by atoms with E-state index in [-0.39, 0.29) is 16.7 Å². The van der Waals surface area contributed by atoms with Gasteiger partial charge >= 0.3 is 12.1 Å². The summed E-state index contributed by atoms with van der Waals surface area (Å²) in [4.78, 5) is 22.0. The Bertz CT molecular complexity index is 445. The third kappa shape index (κ3) is 3.96. The molecule has 1 amide bonds. The highest BCUT2D eigenvalue weighted by Crippen LogP contribution is 2.21. The molecule has 17 heavy (non-hydrogen) atoms. The van der Waals surface area contributed by atoms with Crippen molar-refractivity contribution >= 4 is 29.4 Å². The quantitative estimate of drug-likeness (QED) is 0.873. The molecule has 0 aliphatic rings. The number of rotatable bonds is 3. The summed E-state index contributed by atoms with van der Waals surface area (Å²) in [6, 6.07) is 4.11. The van der Waals surface area contributed by atoms with E-state index >= 15 is 0 Å². The van der Waals surface area contributed by atoms with E-state index < -0.39 is 12.1 Å². The number of ether oxygens (including phenoxy) is 1. The van der Waals surface area contributed by atoms with E-state index in [0.717, 1.165) is 0 Å². The van der Waals surface area contributed by atoms with E-state index in [1.54, 1.807) is 13.8 Å². The van der Waals surface area contributed by atoms with Gasteiger partial charge in [0, 0.05) is 5.69 Å². The number of halogens is 1. The molecular weight excluding hydrogens is 246 g/mol. The Kier molecular flexibility index (Phi) is 4.34. The van der Waals surface area contributed by atoms with Crippen molar-refractivity contribution in [1.29, 1.82) is 0 Å². The largest absolute Gasteiger partial charge is 0.478 e. The van der Waals surface area contributed by atoms with Crippen molar-refractivity contribution in [2.45, 2.75) is 20.0 Å². The monoisotopic (exact) mass is 257 g/mol. The van der Waals surface area contributed by atoms with Crippen LogP contribution in [0.15, 0.2) is 18.2 Å². The van der Waals surface area contributed by atoms with Gasteiger partial charge in [0.15, 0.2) is 0 Å². The molecule has 5 nitrogen and oxygen atoms in total. The van der Waals surface area contributed by atoms with Crippen LogP contribution < -0.4 is 5.32 Å². The Hall–Kier alpha value is -1.75. The molecule has 0 saturated carbocycles. The van der Waals surface area contributed by atoms with Gasteiger partial charge in [-0.25, -0.2) is 9.59 Å². The molecule has 1 aromatic rings. The molecule has 6 heteroatoms. The van der Waals surface area contributed by atoms with Crippen LogP contribution in [0.1, 0.15) is 24.2 Å². The van der Waals surface area contributed by atoms with Gasteiger partial charge in [-0.3, -0.25) is 5.32 Å². The average Bonchev–Trinajstić information content (AvgIpc) is 2.15. The van der Waals surface area contributed by atoms with Crippen molar-refractivity contribution in [3.63, 3.8) is 0 Å². The van der Waals surface area contributed by atoms with Gasteiger partial charge in [0.1, 0.15) is 0 Å². The number of anilines is 1. The van der Waals surface area contributed by atoms with Gasteiger partial charge in [0.25, 0.3) is 0 Å². The van der Waals surface area contributed by atoms with Gasteiger partial charge in [0.2, 0.25) is 0 Å². The van der Waals surface area contributed by atoms with Crippen molar-refractivity contribution in [2.24, 2.45) is 0 Å². The molecule has 0 atom stereocenters. The second-order valence-electron chi connectivity index (χ2n) is 3.58. The lowest BCUT2D eigenvalue weighted by atomic mass is 10.2. The van der Waals surface area contributed by atoms with Crippen molar-refractivity contribution in [2.75, 3.05) is 5.32 Å². The molecular formula is C11H12ClNO4. The van der Waals surface area contributed by atoms with Crippen LogP contribution in [0.3, 0.4) is 0 Å². The molecule has 0 spiro atoms. The molecule has 0 fully saturated rings. The zero-order chi connectivity index (χ0) is 13.0. The van der Waals surface area contributed by atoms with Crippen molar-refractivity contribution < 1.29 is 19.4 Å². The molecule has 1 rings (SSSR count). The van der Waals surface area contributed by atoms with Crippen molar-refractivity contribution in [3.05, 3.63) is 28.8 Å². The lowest BCUT2D eigenvalue weighted by Crippen LogP contribution is -2.18. The molecule has 0 radical (unpaired) electrons. The minimum absolute atomic E-state index is 0.0190.